The van der Waals surface area contributed by atoms with Crippen LogP contribution in [0.25, 0.3) is 11.6 Å². The molecule has 0 bridgehead atoms. The third-order valence-electron chi connectivity index (χ3n) is 4.19. The zero-order chi connectivity index (χ0) is 22.5. The summed E-state index contributed by atoms with van der Waals surface area (Å²) in [6.45, 7) is 0.169. The molecular weight excluding hydrogens is 482 g/mol. The fourth-order valence-corrected chi connectivity index (χ4v) is 3.65. The van der Waals surface area contributed by atoms with Crippen LogP contribution in [0.15, 0.2) is 54.6 Å². The van der Waals surface area contributed by atoms with Crippen molar-refractivity contribution in [1.82, 2.24) is 0 Å². The molecule has 31 heavy (non-hydrogen) atoms. The molecule has 0 atom stereocenters. The standard InChI is InChI=1S/C22H12Cl4N2O3/c23-18-5-4-13(7-19(18)24)12-31-22-20(25)8-14(9-21(22)26)6-16(11-27)15-2-1-3-17(10-15)28(29)30/h1-10H,12H2. The van der Waals surface area contributed by atoms with Gasteiger partial charge in [0.05, 0.1) is 36.7 Å². The van der Waals surface area contributed by atoms with Gasteiger partial charge in [0.1, 0.15) is 6.61 Å². The molecule has 0 aliphatic carbocycles. The van der Waals surface area contributed by atoms with Crippen LogP contribution in [-0.2, 0) is 6.61 Å². The first kappa shape index (κ1) is 22.9. The number of hydrogen-bond donors (Lipinski definition) is 0. The fraction of sp³-hybridized carbons (Fsp3) is 0.0455. The Bertz CT molecular complexity index is 1210. The van der Waals surface area contributed by atoms with E-state index in [-0.39, 0.29) is 33.7 Å². The normalized spacial score (nSPS) is 11.1. The first-order valence-electron chi connectivity index (χ1n) is 8.71. The molecule has 3 aromatic rings. The Morgan fingerprint density at radius 1 is 1.00 bits per heavy atom. The second-order valence-electron chi connectivity index (χ2n) is 6.33. The molecule has 3 aromatic carbocycles. The van der Waals surface area contributed by atoms with Gasteiger partial charge in [-0.15, -0.1) is 0 Å². The first-order valence-corrected chi connectivity index (χ1v) is 10.2. The van der Waals surface area contributed by atoms with Crippen molar-refractivity contribution in [2.45, 2.75) is 6.61 Å². The van der Waals surface area contributed by atoms with Crippen LogP contribution in [-0.4, -0.2) is 4.92 Å². The van der Waals surface area contributed by atoms with Crippen LogP contribution in [0.5, 0.6) is 5.75 Å². The Balaban J connectivity index is 1.86. The number of hydrogen-bond acceptors (Lipinski definition) is 4. The summed E-state index contributed by atoms with van der Waals surface area (Å²) in [4.78, 5) is 10.5. The highest BCUT2D eigenvalue weighted by Crippen LogP contribution is 2.36. The largest absolute Gasteiger partial charge is 0.486 e. The average molecular weight is 494 g/mol. The van der Waals surface area contributed by atoms with Gasteiger partial charge in [0.15, 0.2) is 5.75 Å². The van der Waals surface area contributed by atoms with E-state index < -0.39 is 4.92 Å². The minimum Gasteiger partial charge on any atom is -0.486 e. The Labute approximate surface area is 198 Å². The Morgan fingerprint density at radius 2 is 1.71 bits per heavy atom. The summed E-state index contributed by atoms with van der Waals surface area (Å²) in [6, 6.07) is 16.1. The van der Waals surface area contributed by atoms with Gasteiger partial charge < -0.3 is 4.74 Å². The van der Waals surface area contributed by atoms with Crippen LogP contribution in [0, 0.1) is 21.4 Å². The molecule has 3 rings (SSSR count). The van der Waals surface area contributed by atoms with Crippen LogP contribution < -0.4 is 4.74 Å². The van der Waals surface area contributed by atoms with E-state index in [1.807, 2.05) is 6.07 Å². The van der Waals surface area contributed by atoms with E-state index >= 15 is 0 Å². The van der Waals surface area contributed by atoms with Gasteiger partial charge in [0, 0.05) is 12.1 Å². The number of rotatable bonds is 6. The Hall–Kier alpha value is -2.75. The van der Waals surface area contributed by atoms with Crippen LogP contribution >= 0.6 is 46.4 Å². The summed E-state index contributed by atoms with van der Waals surface area (Å²) >= 11 is 24.6. The lowest BCUT2D eigenvalue weighted by molar-refractivity contribution is -0.384. The number of nitro groups is 1. The van der Waals surface area contributed by atoms with Crippen molar-refractivity contribution in [3.05, 3.63) is 101 Å². The zero-order valence-electron chi connectivity index (χ0n) is 15.6. The van der Waals surface area contributed by atoms with Gasteiger partial charge in [0.2, 0.25) is 0 Å². The smallest absolute Gasteiger partial charge is 0.270 e. The van der Waals surface area contributed by atoms with Gasteiger partial charge in [-0.25, -0.2) is 0 Å². The minimum absolute atomic E-state index is 0.110. The van der Waals surface area contributed by atoms with Crippen LogP contribution in [0.2, 0.25) is 20.1 Å². The van der Waals surface area contributed by atoms with Crippen molar-refractivity contribution in [2.24, 2.45) is 0 Å². The van der Waals surface area contributed by atoms with Crippen molar-refractivity contribution in [1.29, 1.82) is 5.26 Å². The lowest BCUT2D eigenvalue weighted by Crippen LogP contribution is -1.97. The molecule has 0 aliphatic heterocycles. The molecule has 0 fully saturated rings. The summed E-state index contributed by atoms with van der Waals surface area (Å²) < 4.78 is 5.74. The number of non-ortho nitro benzene ring substituents is 1. The van der Waals surface area contributed by atoms with E-state index in [4.69, 9.17) is 51.1 Å². The molecule has 0 saturated carbocycles. The second kappa shape index (κ2) is 10.0. The molecule has 0 aliphatic rings. The number of nitrogens with zero attached hydrogens (tertiary/aromatic N) is 2. The minimum atomic E-state index is -0.522. The molecule has 0 aromatic heterocycles. The SMILES string of the molecule is N#CC(=Cc1cc(Cl)c(OCc2ccc(Cl)c(Cl)c2)c(Cl)c1)c1cccc([N+](=O)[O-])c1. The molecule has 156 valence electrons. The topological polar surface area (TPSA) is 76.2 Å². The lowest BCUT2D eigenvalue weighted by Gasteiger charge is -2.12. The second-order valence-corrected chi connectivity index (χ2v) is 7.96. The number of benzene rings is 3. The van der Waals surface area contributed by atoms with Crippen LogP contribution in [0.4, 0.5) is 5.69 Å². The maximum absolute atomic E-state index is 11.0. The Morgan fingerprint density at radius 3 is 2.32 bits per heavy atom. The van der Waals surface area contributed by atoms with Crippen molar-refractivity contribution in [3.8, 4) is 11.8 Å². The fourth-order valence-electron chi connectivity index (χ4n) is 2.72. The molecule has 0 spiro atoms. The summed E-state index contributed by atoms with van der Waals surface area (Å²) in [5, 5.41) is 21.8. The molecule has 0 saturated heterocycles. The molecular formula is C22H12Cl4N2O3. The average Bonchev–Trinajstić information content (AvgIpc) is 2.74. The lowest BCUT2D eigenvalue weighted by atomic mass is 10.0. The van der Waals surface area contributed by atoms with Crippen molar-refractivity contribution >= 4 is 63.7 Å². The van der Waals surface area contributed by atoms with Crippen LogP contribution in [0.1, 0.15) is 16.7 Å². The number of halogens is 4. The molecule has 0 unspecified atom stereocenters. The van der Waals surface area contributed by atoms with E-state index in [1.54, 1.807) is 42.5 Å². The highest BCUT2D eigenvalue weighted by atomic mass is 35.5. The summed E-state index contributed by atoms with van der Waals surface area (Å²) in [6.07, 6.45) is 1.54. The monoisotopic (exact) mass is 492 g/mol. The molecule has 0 N–H and O–H groups in total. The predicted molar refractivity (Wildman–Crippen MR) is 124 cm³/mol. The third-order valence-corrected chi connectivity index (χ3v) is 5.49. The summed E-state index contributed by atoms with van der Waals surface area (Å²) in [5.41, 5.74) is 1.84. The van der Waals surface area contributed by atoms with Gasteiger partial charge >= 0.3 is 0 Å². The zero-order valence-corrected chi connectivity index (χ0v) is 18.6. The van der Waals surface area contributed by atoms with Gasteiger partial charge in [-0.2, -0.15) is 5.26 Å². The van der Waals surface area contributed by atoms with Crippen molar-refractivity contribution < 1.29 is 9.66 Å². The third kappa shape index (κ3) is 5.69. The molecule has 5 nitrogen and oxygen atoms in total. The number of ether oxygens (including phenoxy) is 1. The first-order chi connectivity index (χ1) is 14.8. The summed E-state index contributed by atoms with van der Waals surface area (Å²) in [7, 11) is 0. The van der Waals surface area contributed by atoms with Crippen LogP contribution in [0.3, 0.4) is 0 Å². The summed E-state index contributed by atoms with van der Waals surface area (Å²) in [5.74, 6) is 0.278. The van der Waals surface area contributed by atoms with E-state index in [1.165, 1.54) is 18.2 Å². The van der Waals surface area contributed by atoms with Gasteiger partial charge in [-0.1, -0.05) is 64.6 Å². The maximum Gasteiger partial charge on any atom is 0.270 e. The van der Waals surface area contributed by atoms with E-state index in [0.29, 0.717) is 21.2 Å². The molecule has 0 heterocycles. The highest BCUT2D eigenvalue weighted by molar-refractivity contribution is 6.42. The predicted octanol–water partition coefficient (Wildman–Crippen LogP) is 7.85. The molecule has 9 heteroatoms. The van der Waals surface area contributed by atoms with Crippen molar-refractivity contribution in [2.75, 3.05) is 0 Å². The highest BCUT2D eigenvalue weighted by Gasteiger charge is 2.13. The van der Waals surface area contributed by atoms with Gasteiger partial charge in [-0.3, -0.25) is 10.1 Å². The van der Waals surface area contributed by atoms with Gasteiger partial charge in [-0.05, 0) is 47.0 Å². The number of nitro benzene ring substituents is 1. The van der Waals surface area contributed by atoms with Gasteiger partial charge in [0.25, 0.3) is 5.69 Å². The molecule has 0 radical (unpaired) electrons. The van der Waals surface area contributed by atoms with E-state index in [9.17, 15) is 15.4 Å². The molecule has 0 amide bonds. The van der Waals surface area contributed by atoms with E-state index in [0.717, 1.165) is 5.56 Å². The number of nitriles is 1. The quantitative estimate of drug-likeness (QED) is 0.151. The maximum atomic E-state index is 11.0. The van der Waals surface area contributed by atoms with Crippen molar-refractivity contribution in [3.63, 3.8) is 0 Å². The van der Waals surface area contributed by atoms with E-state index in [2.05, 4.69) is 0 Å². The number of allylic oxidation sites excluding steroid dienone is 1. The Kier molecular flexibility index (Phi) is 7.42.